The van der Waals surface area contributed by atoms with E-state index in [1.165, 1.54) is 11.1 Å². The van der Waals surface area contributed by atoms with E-state index in [1.807, 2.05) is 6.07 Å². The Bertz CT molecular complexity index is 315. The maximum atomic E-state index is 5.45. The van der Waals surface area contributed by atoms with Crippen molar-refractivity contribution in [3.8, 4) is 0 Å². The van der Waals surface area contributed by atoms with Gasteiger partial charge in [0, 0.05) is 0 Å². The first-order valence-electron chi connectivity index (χ1n) is 4.21. The third-order valence-corrected chi connectivity index (χ3v) is 2.59. The fraction of sp³-hybridized carbons (Fsp3) is 0.400. The SMILES string of the molecule is c1ccc2c(c1)COCC21CO1. The first kappa shape index (κ1) is 6.63. The quantitative estimate of drug-likeness (QED) is 0.538. The van der Waals surface area contributed by atoms with Gasteiger partial charge in [-0.1, -0.05) is 24.3 Å². The highest BCUT2D eigenvalue weighted by atomic mass is 16.6. The van der Waals surface area contributed by atoms with Crippen LogP contribution in [0.2, 0.25) is 0 Å². The maximum absolute atomic E-state index is 5.45. The van der Waals surface area contributed by atoms with Gasteiger partial charge >= 0.3 is 0 Å². The molecule has 2 heteroatoms. The number of hydrogen-bond acceptors (Lipinski definition) is 2. The van der Waals surface area contributed by atoms with Crippen molar-refractivity contribution in [3.63, 3.8) is 0 Å². The summed E-state index contributed by atoms with van der Waals surface area (Å²) in [5, 5.41) is 0. The summed E-state index contributed by atoms with van der Waals surface area (Å²) in [5.41, 5.74) is 2.55. The van der Waals surface area contributed by atoms with Crippen molar-refractivity contribution in [2.45, 2.75) is 12.2 Å². The Morgan fingerprint density at radius 2 is 2.00 bits per heavy atom. The van der Waals surface area contributed by atoms with Crippen molar-refractivity contribution in [2.75, 3.05) is 13.2 Å². The van der Waals surface area contributed by atoms with Gasteiger partial charge in [-0.2, -0.15) is 0 Å². The molecule has 0 radical (unpaired) electrons. The normalized spacial score (nSPS) is 31.7. The summed E-state index contributed by atoms with van der Waals surface area (Å²) >= 11 is 0. The second-order valence-corrected chi connectivity index (χ2v) is 3.43. The molecule has 1 aromatic rings. The standard InChI is InChI=1S/C10H10O2/c1-2-4-9-8(3-1)5-11-6-10(9)7-12-10/h1-4H,5-7H2. The number of ether oxygens (including phenoxy) is 2. The molecule has 0 N–H and O–H groups in total. The second-order valence-electron chi connectivity index (χ2n) is 3.43. The van der Waals surface area contributed by atoms with Crippen molar-refractivity contribution >= 4 is 0 Å². The molecule has 0 aromatic heterocycles. The largest absolute Gasteiger partial charge is 0.373 e. The Morgan fingerprint density at radius 3 is 2.83 bits per heavy atom. The Kier molecular flexibility index (Phi) is 1.15. The molecule has 1 unspecified atom stereocenters. The van der Waals surface area contributed by atoms with Crippen LogP contribution in [0.5, 0.6) is 0 Å². The highest BCUT2D eigenvalue weighted by Gasteiger charge is 2.49. The number of benzene rings is 1. The van der Waals surface area contributed by atoms with E-state index in [1.54, 1.807) is 0 Å². The maximum Gasteiger partial charge on any atom is 0.140 e. The van der Waals surface area contributed by atoms with Gasteiger partial charge in [-0.25, -0.2) is 0 Å². The summed E-state index contributed by atoms with van der Waals surface area (Å²) < 4.78 is 10.9. The molecule has 1 fully saturated rings. The molecule has 0 saturated carbocycles. The van der Waals surface area contributed by atoms with Crippen LogP contribution in [-0.4, -0.2) is 13.2 Å². The predicted molar refractivity (Wildman–Crippen MR) is 43.7 cm³/mol. The molecule has 1 spiro atoms. The van der Waals surface area contributed by atoms with Gasteiger partial charge in [0.1, 0.15) is 5.60 Å². The summed E-state index contributed by atoms with van der Waals surface area (Å²) in [4.78, 5) is 0. The van der Waals surface area contributed by atoms with E-state index in [0.29, 0.717) is 0 Å². The summed E-state index contributed by atoms with van der Waals surface area (Å²) in [6.45, 7) is 2.29. The highest BCUT2D eigenvalue weighted by Crippen LogP contribution is 2.43. The van der Waals surface area contributed by atoms with Gasteiger partial charge in [0.05, 0.1) is 19.8 Å². The molecular weight excluding hydrogens is 152 g/mol. The van der Waals surface area contributed by atoms with Gasteiger partial charge in [-0.3, -0.25) is 0 Å². The van der Waals surface area contributed by atoms with E-state index in [-0.39, 0.29) is 5.60 Å². The van der Waals surface area contributed by atoms with Gasteiger partial charge in [-0.15, -0.1) is 0 Å². The van der Waals surface area contributed by atoms with E-state index >= 15 is 0 Å². The van der Waals surface area contributed by atoms with Crippen molar-refractivity contribution in [2.24, 2.45) is 0 Å². The van der Waals surface area contributed by atoms with Crippen molar-refractivity contribution in [1.29, 1.82) is 0 Å². The van der Waals surface area contributed by atoms with Crippen LogP contribution in [-0.2, 0) is 21.7 Å². The van der Waals surface area contributed by atoms with E-state index in [4.69, 9.17) is 9.47 Å². The molecule has 1 aromatic carbocycles. The Hall–Kier alpha value is -0.860. The minimum Gasteiger partial charge on any atom is -0.373 e. The van der Waals surface area contributed by atoms with Crippen LogP contribution in [0.25, 0.3) is 0 Å². The van der Waals surface area contributed by atoms with Crippen molar-refractivity contribution < 1.29 is 9.47 Å². The zero-order valence-electron chi connectivity index (χ0n) is 6.75. The van der Waals surface area contributed by atoms with Gasteiger partial charge in [0.15, 0.2) is 0 Å². The Morgan fingerprint density at radius 1 is 1.17 bits per heavy atom. The third-order valence-electron chi connectivity index (χ3n) is 2.59. The molecule has 2 nitrogen and oxygen atoms in total. The molecule has 62 valence electrons. The van der Waals surface area contributed by atoms with E-state index in [2.05, 4.69) is 18.2 Å². The minimum absolute atomic E-state index is 0.0607. The molecule has 12 heavy (non-hydrogen) atoms. The fourth-order valence-corrected chi connectivity index (χ4v) is 1.82. The zero-order chi connectivity index (χ0) is 8.02. The smallest absolute Gasteiger partial charge is 0.140 e. The van der Waals surface area contributed by atoms with Gasteiger partial charge < -0.3 is 9.47 Å². The van der Waals surface area contributed by atoms with Crippen LogP contribution >= 0.6 is 0 Å². The van der Waals surface area contributed by atoms with Crippen LogP contribution < -0.4 is 0 Å². The lowest BCUT2D eigenvalue weighted by atomic mass is 9.94. The summed E-state index contributed by atoms with van der Waals surface area (Å²) in [6.07, 6.45) is 0. The summed E-state index contributed by atoms with van der Waals surface area (Å²) in [5.74, 6) is 0. The first-order valence-corrected chi connectivity index (χ1v) is 4.21. The zero-order valence-corrected chi connectivity index (χ0v) is 6.75. The highest BCUT2D eigenvalue weighted by molar-refractivity contribution is 5.36. The van der Waals surface area contributed by atoms with Gasteiger partial charge in [0.2, 0.25) is 0 Å². The molecular formula is C10H10O2. The number of epoxide rings is 1. The minimum atomic E-state index is -0.0607. The fourth-order valence-electron chi connectivity index (χ4n) is 1.82. The molecule has 0 bridgehead atoms. The van der Waals surface area contributed by atoms with Crippen LogP contribution in [0.3, 0.4) is 0 Å². The van der Waals surface area contributed by atoms with Crippen molar-refractivity contribution in [3.05, 3.63) is 35.4 Å². The molecule has 3 rings (SSSR count). The number of fused-ring (bicyclic) bond motifs is 2. The Balaban J connectivity index is 2.16. The van der Waals surface area contributed by atoms with Crippen LogP contribution in [0.4, 0.5) is 0 Å². The number of rotatable bonds is 0. The molecule has 1 atom stereocenters. The molecule has 0 aliphatic carbocycles. The first-order chi connectivity index (χ1) is 5.91. The summed E-state index contributed by atoms with van der Waals surface area (Å²) in [6, 6.07) is 8.36. The monoisotopic (exact) mass is 162 g/mol. The predicted octanol–water partition coefficient (Wildman–Crippen LogP) is 1.44. The van der Waals surface area contributed by atoms with E-state index in [9.17, 15) is 0 Å². The van der Waals surface area contributed by atoms with Crippen LogP contribution in [0, 0.1) is 0 Å². The Labute approximate surface area is 71.1 Å². The molecule has 2 aliphatic heterocycles. The third kappa shape index (κ3) is 0.765. The van der Waals surface area contributed by atoms with Crippen LogP contribution in [0.1, 0.15) is 11.1 Å². The van der Waals surface area contributed by atoms with E-state index in [0.717, 1.165) is 19.8 Å². The second kappa shape index (κ2) is 2.09. The molecule has 2 aliphatic rings. The van der Waals surface area contributed by atoms with Crippen LogP contribution in [0.15, 0.2) is 24.3 Å². The number of hydrogen-bond donors (Lipinski definition) is 0. The molecule has 0 amide bonds. The molecule has 2 heterocycles. The lowest BCUT2D eigenvalue weighted by molar-refractivity contribution is 0.0483. The lowest BCUT2D eigenvalue weighted by Crippen LogP contribution is -2.24. The lowest BCUT2D eigenvalue weighted by Gasteiger charge is -2.22. The van der Waals surface area contributed by atoms with Gasteiger partial charge in [0.25, 0.3) is 0 Å². The topological polar surface area (TPSA) is 21.8 Å². The van der Waals surface area contributed by atoms with Crippen molar-refractivity contribution in [1.82, 2.24) is 0 Å². The molecule has 1 saturated heterocycles. The average molecular weight is 162 g/mol. The van der Waals surface area contributed by atoms with E-state index < -0.39 is 0 Å². The summed E-state index contributed by atoms with van der Waals surface area (Å²) in [7, 11) is 0. The average Bonchev–Trinajstić information content (AvgIpc) is 2.87. The van der Waals surface area contributed by atoms with Gasteiger partial charge in [-0.05, 0) is 11.1 Å².